The minimum Gasteiger partial charge on any atom is -0.480 e. The van der Waals surface area contributed by atoms with Gasteiger partial charge in [0.25, 0.3) is 0 Å². The molecule has 0 saturated heterocycles. The van der Waals surface area contributed by atoms with E-state index in [0.29, 0.717) is 5.56 Å². The molecule has 2 atom stereocenters. The zero-order chi connectivity index (χ0) is 14.1. The molecule has 0 unspecified atom stereocenters. The van der Waals surface area contributed by atoms with Crippen LogP contribution in [0.25, 0.3) is 0 Å². The van der Waals surface area contributed by atoms with E-state index in [1.807, 2.05) is 0 Å². The molecule has 0 saturated carbocycles. The average Bonchev–Trinajstić information content (AvgIpc) is 2.38. The van der Waals surface area contributed by atoms with E-state index < -0.39 is 24.1 Å². The van der Waals surface area contributed by atoms with Gasteiger partial charge in [0.1, 0.15) is 6.04 Å². The summed E-state index contributed by atoms with van der Waals surface area (Å²) < 4.78 is 0. The second-order valence-electron chi connectivity index (χ2n) is 3.28. The van der Waals surface area contributed by atoms with E-state index in [9.17, 15) is 9.59 Å². The lowest BCUT2D eigenvalue weighted by Crippen LogP contribution is -2.31. The van der Waals surface area contributed by atoms with Gasteiger partial charge in [-0.1, -0.05) is 30.3 Å². The van der Waals surface area contributed by atoms with Gasteiger partial charge in [-0.05, 0) is 5.56 Å². The number of thiol groups is 1. The van der Waals surface area contributed by atoms with Crippen LogP contribution < -0.4 is 5.73 Å². The number of hydrogen-bond donors (Lipinski definition) is 5. The minimum atomic E-state index is -1.41. The summed E-state index contributed by atoms with van der Waals surface area (Å²) in [5.74, 6) is -2.04. The molecule has 0 aromatic heterocycles. The molecule has 1 aromatic rings. The lowest BCUT2D eigenvalue weighted by Gasteiger charge is -2.03. The number of hydrogen-bond acceptors (Lipinski definition) is 5. The van der Waals surface area contributed by atoms with Crippen molar-refractivity contribution in [2.45, 2.75) is 12.1 Å². The molecule has 0 bridgehead atoms. The first kappa shape index (κ1) is 16.4. The molecule has 0 amide bonds. The summed E-state index contributed by atoms with van der Waals surface area (Å²) in [4.78, 5) is 20.0. The predicted octanol–water partition coefficient (Wildman–Crippen LogP) is 0.133. The van der Waals surface area contributed by atoms with E-state index in [0.717, 1.165) is 0 Å². The second kappa shape index (κ2) is 8.51. The number of carbonyl (C=O) groups is 2. The van der Waals surface area contributed by atoms with Crippen molar-refractivity contribution in [1.82, 2.24) is 0 Å². The van der Waals surface area contributed by atoms with Crippen LogP contribution in [0.5, 0.6) is 0 Å². The maximum absolute atomic E-state index is 10.2. The van der Waals surface area contributed by atoms with E-state index in [-0.39, 0.29) is 5.75 Å². The van der Waals surface area contributed by atoms with Crippen molar-refractivity contribution in [1.29, 1.82) is 0 Å². The molecule has 5 N–H and O–H groups in total. The number of carboxylic acids is 2. The Morgan fingerprint density at radius 3 is 1.94 bits per heavy atom. The first-order chi connectivity index (χ1) is 8.40. The highest BCUT2D eigenvalue weighted by Crippen LogP contribution is 2.10. The molecule has 0 radical (unpaired) electrons. The molecule has 6 nitrogen and oxygen atoms in total. The van der Waals surface area contributed by atoms with Crippen molar-refractivity contribution >= 4 is 24.6 Å². The zero-order valence-electron chi connectivity index (χ0n) is 9.43. The monoisotopic (exact) mass is 273 g/mol. The van der Waals surface area contributed by atoms with Crippen LogP contribution in [-0.4, -0.2) is 39.1 Å². The number of rotatable bonds is 4. The number of carboxylic acid groups (broad SMARTS) is 2. The van der Waals surface area contributed by atoms with Gasteiger partial charge in [-0.2, -0.15) is 12.6 Å². The number of nitrogens with two attached hydrogens (primary N) is 1. The van der Waals surface area contributed by atoms with E-state index in [4.69, 9.17) is 21.1 Å². The molecule has 1 rings (SSSR count). The van der Waals surface area contributed by atoms with Gasteiger partial charge in [-0.15, -0.1) is 0 Å². The number of benzene rings is 1. The smallest absolute Gasteiger partial charge is 0.337 e. The lowest BCUT2D eigenvalue weighted by molar-refractivity contribution is -0.147. The lowest BCUT2D eigenvalue weighted by atomic mass is 10.1. The molecule has 0 aliphatic rings. The largest absolute Gasteiger partial charge is 0.480 e. The van der Waals surface area contributed by atoms with E-state index in [2.05, 4.69) is 12.6 Å². The summed E-state index contributed by atoms with van der Waals surface area (Å²) in [6, 6.07) is 7.45. The molecule has 0 heterocycles. The number of aliphatic hydroxyl groups is 1. The number of aliphatic carboxylic acids is 2. The third kappa shape index (κ3) is 6.24. The SMILES string of the molecule is N[C@H](CS)C(=O)O.O=C(O)[C@H](O)c1ccccc1. The van der Waals surface area contributed by atoms with Gasteiger partial charge in [-0.25, -0.2) is 4.79 Å². The predicted molar refractivity (Wildman–Crippen MR) is 68.5 cm³/mol. The van der Waals surface area contributed by atoms with Crippen LogP contribution >= 0.6 is 12.6 Å². The molecule has 1 aromatic carbocycles. The fourth-order valence-corrected chi connectivity index (χ4v) is 1.01. The van der Waals surface area contributed by atoms with Crippen molar-refractivity contribution < 1.29 is 24.9 Å². The van der Waals surface area contributed by atoms with Crippen molar-refractivity contribution in [3.05, 3.63) is 35.9 Å². The summed E-state index contributed by atoms with van der Waals surface area (Å²) in [7, 11) is 0. The van der Waals surface area contributed by atoms with Crippen LogP contribution in [0, 0.1) is 0 Å². The standard InChI is InChI=1S/C8H8O3.C3H7NO2S/c9-7(8(10)11)6-4-2-1-3-5-6;4-2(1-7)3(5)6/h1-5,7,9H,(H,10,11);2,7H,1,4H2,(H,5,6)/t7-;2-/m11/s1. The van der Waals surface area contributed by atoms with Crippen molar-refractivity contribution in [3.63, 3.8) is 0 Å². The Morgan fingerprint density at radius 1 is 1.17 bits per heavy atom. The van der Waals surface area contributed by atoms with Crippen molar-refractivity contribution in [3.8, 4) is 0 Å². The Bertz CT molecular complexity index is 384. The summed E-state index contributed by atoms with van der Waals surface area (Å²) in [5, 5.41) is 25.4. The van der Waals surface area contributed by atoms with Gasteiger partial charge in [0.2, 0.25) is 0 Å². The highest BCUT2D eigenvalue weighted by molar-refractivity contribution is 7.80. The van der Waals surface area contributed by atoms with Crippen LogP contribution in [0.3, 0.4) is 0 Å². The van der Waals surface area contributed by atoms with Crippen LogP contribution in [0.15, 0.2) is 30.3 Å². The van der Waals surface area contributed by atoms with Crippen LogP contribution in [0.4, 0.5) is 0 Å². The van der Waals surface area contributed by atoms with E-state index in [1.165, 1.54) is 0 Å². The zero-order valence-corrected chi connectivity index (χ0v) is 10.3. The average molecular weight is 273 g/mol. The van der Waals surface area contributed by atoms with Crippen LogP contribution in [-0.2, 0) is 9.59 Å². The minimum absolute atomic E-state index is 0.190. The Morgan fingerprint density at radius 2 is 1.67 bits per heavy atom. The van der Waals surface area contributed by atoms with Gasteiger partial charge in [-0.3, -0.25) is 4.79 Å². The summed E-state index contributed by atoms with van der Waals surface area (Å²) in [6.45, 7) is 0. The molecular weight excluding hydrogens is 258 g/mol. The molecule has 0 spiro atoms. The van der Waals surface area contributed by atoms with Crippen molar-refractivity contribution in [2.24, 2.45) is 5.73 Å². The molecule has 18 heavy (non-hydrogen) atoms. The summed E-state index contributed by atoms with van der Waals surface area (Å²) in [5.41, 5.74) is 5.34. The summed E-state index contributed by atoms with van der Waals surface area (Å²) >= 11 is 3.65. The topological polar surface area (TPSA) is 121 Å². The Kier molecular flexibility index (Phi) is 7.77. The number of aliphatic hydroxyl groups excluding tert-OH is 1. The Hall–Kier alpha value is -1.57. The van der Waals surface area contributed by atoms with Gasteiger partial charge in [0, 0.05) is 5.75 Å². The highest BCUT2D eigenvalue weighted by atomic mass is 32.1. The maximum atomic E-state index is 10.2. The fraction of sp³-hybridized carbons (Fsp3) is 0.273. The van der Waals surface area contributed by atoms with Gasteiger partial charge in [0.05, 0.1) is 0 Å². The molecular formula is C11H15NO5S. The van der Waals surface area contributed by atoms with Gasteiger partial charge >= 0.3 is 11.9 Å². The molecule has 0 aliphatic heterocycles. The molecule has 7 heteroatoms. The first-order valence-corrected chi connectivity index (χ1v) is 5.58. The normalized spacial score (nSPS) is 12.8. The van der Waals surface area contributed by atoms with Crippen LogP contribution in [0.2, 0.25) is 0 Å². The molecule has 0 fully saturated rings. The Balaban J connectivity index is 0.000000360. The maximum Gasteiger partial charge on any atom is 0.337 e. The third-order valence-corrected chi connectivity index (χ3v) is 2.26. The highest BCUT2D eigenvalue weighted by Gasteiger charge is 2.14. The van der Waals surface area contributed by atoms with E-state index >= 15 is 0 Å². The van der Waals surface area contributed by atoms with Crippen LogP contribution in [0.1, 0.15) is 11.7 Å². The fourth-order valence-electron chi connectivity index (χ4n) is 0.856. The first-order valence-electron chi connectivity index (χ1n) is 4.95. The van der Waals surface area contributed by atoms with E-state index in [1.54, 1.807) is 30.3 Å². The second-order valence-corrected chi connectivity index (χ2v) is 3.64. The summed E-state index contributed by atoms with van der Waals surface area (Å²) in [6.07, 6.45) is -1.41. The Labute approximate surface area is 109 Å². The molecule has 100 valence electrons. The third-order valence-electron chi connectivity index (χ3n) is 1.86. The van der Waals surface area contributed by atoms with Crippen molar-refractivity contribution in [2.75, 3.05) is 5.75 Å². The van der Waals surface area contributed by atoms with Gasteiger partial charge in [0.15, 0.2) is 6.10 Å². The van der Waals surface area contributed by atoms with Gasteiger partial charge < -0.3 is 21.1 Å². The molecule has 0 aliphatic carbocycles. The quantitative estimate of drug-likeness (QED) is 0.497.